The molecule has 0 radical (unpaired) electrons. The Kier molecular flexibility index (Phi) is 3.50. The highest BCUT2D eigenvalue weighted by atomic mass is 16.5. The predicted octanol–water partition coefficient (Wildman–Crippen LogP) is 1.82. The molecule has 0 aliphatic heterocycles. The third kappa shape index (κ3) is 1.85. The van der Waals surface area contributed by atoms with Gasteiger partial charge in [-0.3, -0.25) is 0 Å². The molecule has 2 rings (SSSR count). The van der Waals surface area contributed by atoms with Crippen molar-refractivity contribution in [2.24, 2.45) is 0 Å². The molecule has 18 heavy (non-hydrogen) atoms. The molecule has 0 heterocycles. The van der Waals surface area contributed by atoms with Crippen molar-refractivity contribution in [1.29, 1.82) is 0 Å². The Labute approximate surface area is 107 Å². The van der Waals surface area contributed by atoms with Crippen molar-refractivity contribution in [3.63, 3.8) is 0 Å². The van der Waals surface area contributed by atoms with E-state index in [1.54, 1.807) is 20.3 Å². The van der Waals surface area contributed by atoms with Gasteiger partial charge >= 0.3 is 0 Å². The SMILES string of the molecule is CC[C@@]1(O)CCc2c(OC)ccc(OC)c2[C@@H]1O. The van der Waals surface area contributed by atoms with Gasteiger partial charge in [-0.15, -0.1) is 0 Å². The van der Waals surface area contributed by atoms with E-state index in [1.807, 2.05) is 13.0 Å². The van der Waals surface area contributed by atoms with Crippen LogP contribution in [-0.4, -0.2) is 30.0 Å². The molecule has 0 spiro atoms. The number of ether oxygens (including phenoxy) is 2. The number of fused-ring (bicyclic) bond motifs is 1. The summed E-state index contributed by atoms with van der Waals surface area (Å²) in [7, 11) is 3.17. The zero-order valence-corrected chi connectivity index (χ0v) is 11.1. The average molecular weight is 252 g/mol. The van der Waals surface area contributed by atoms with Crippen LogP contribution in [0.4, 0.5) is 0 Å². The van der Waals surface area contributed by atoms with Crippen LogP contribution < -0.4 is 9.47 Å². The van der Waals surface area contributed by atoms with E-state index >= 15 is 0 Å². The number of aliphatic hydroxyl groups excluding tert-OH is 1. The fraction of sp³-hybridized carbons (Fsp3) is 0.571. The summed E-state index contributed by atoms with van der Waals surface area (Å²) in [4.78, 5) is 0. The zero-order chi connectivity index (χ0) is 13.3. The Morgan fingerprint density at radius 3 is 2.44 bits per heavy atom. The molecule has 0 bridgehead atoms. The molecule has 4 heteroatoms. The van der Waals surface area contributed by atoms with E-state index in [4.69, 9.17) is 9.47 Å². The van der Waals surface area contributed by atoms with Gasteiger partial charge in [0.25, 0.3) is 0 Å². The zero-order valence-electron chi connectivity index (χ0n) is 11.1. The lowest BCUT2D eigenvalue weighted by molar-refractivity contribution is -0.0921. The van der Waals surface area contributed by atoms with Gasteiger partial charge in [0.2, 0.25) is 0 Å². The summed E-state index contributed by atoms with van der Waals surface area (Å²) >= 11 is 0. The molecule has 0 saturated heterocycles. The highest BCUT2D eigenvalue weighted by Crippen LogP contribution is 2.46. The molecular weight excluding hydrogens is 232 g/mol. The molecular formula is C14H20O4. The van der Waals surface area contributed by atoms with Gasteiger partial charge in [0.15, 0.2) is 0 Å². The molecule has 1 aliphatic rings. The fourth-order valence-electron chi connectivity index (χ4n) is 2.67. The minimum absolute atomic E-state index is 0.508. The van der Waals surface area contributed by atoms with E-state index in [1.165, 1.54) is 0 Å². The Morgan fingerprint density at radius 2 is 1.89 bits per heavy atom. The molecule has 4 nitrogen and oxygen atoms in total. The molecule has 1 aliphatic carbocycles. The fourth-order valence-corrected chi connectivity index (χ4v) is 2.67. The number of hydrogen-bond acceptors (Lipinski definition) is 4. The standard InChI is InChI=1S/C14H20O4/c1-4-14(16)8-7-9-10(17-2)5-6-11(18-3)12(9)13(14)15/h5-6,13,15-16H,4,7-8H2,1-3H3/t13-,14+/m0/s1. The van der Waals surface area contributed by atoms with Gasteiger partial charge < -0.3 is 19.7 Å². The summed E-state index contributed by atoms with van der Waals surface area (Å²) in [5, 5.41) is 20.9. The first-order chi connectivity index (χ1) is 8.57. The molecule has 0 saturated carbocycles. The average Bonchev–Trinajstić information content (AvgIpc) is 2.41. The smallest absolute Gasteiger partial charge is 0.125 e. The van der Waals surface area contributed by atoms with Crippen LogP contribution in [0.3, 0.4) is 0 Å². The monoisotopic (exact) mass is 252 g/mol. The van der Waals surface area contributed by atoms with E-state index in [0.717, 1.165) is 11.3 Å². The third-order valence-corrected chi connectivity index (χ3v) is 3.92. The van der Waals surface area contributed by atoms with E-state index in [0.29, 0.717) is 30.6 Å². The first kappa shape index (κ1) is 13.2. The van der Waals surface area contributed by atoms with Gasteiger partial charge in [-0.1, -0.05) is 6.92 Å². The lowest BCUT2D eigenvalue weighted by Gasteiger charge is -2.38. The molecule has 0 aromatic heterocycles. The molecule has 100 valence electrons. The van der Waals surface area contributed by atoms with Gasteiger partial charge in [0, 0.05) is 11.1 Å². The normalized spacial score (nSPS) is 26.6. The van der Waals surface area contributed by atoms with Crippen LogP contribution in [0, 0.1) is 0 Å². The molecule has 0 fully saturated rings. The summed E-state index contributed by atoms with van der Waals surface area (Å²) in [5.74, 6) is 1.34. The predicted molar refractivity (Wildman–Crippen MR) is 68.1 cm³/mol. The largest absolute Gasteiger partial charge is 0.496 e. The van der Waals surface area contributed by atoms with E-state index in [2.05, 4.69) is 0 Å². The van der Waals surface area contributed by atoms with E-state index in [9.17, 15) is 10.2 Å². The summed E-state index contributed by atoms with van der Waals surface area (Å²) < 4.78 is 10.6. The van der Waals surface area contributed by atoms with Crippen LogP contribution in [0.2, 0.25) is 0 Å². The minimum Gasteiger partial charge on any atom is -0.496 e. The van der Waals surface area contributed by atoms with Crippen molar-refractivity contribution in [2.45, 2.75) is 37.9 Å². The second-order valence-electron chi connectivity index (χ2n) is 4.72. The van der Waals surface area contributed by atoms with Gasteiger partial charge in [-0.05, 0) is 31.4 Å². The summed E-state index contributed by atoms with van der Waals surface area (Å²) in [6, 6.07) is 3.60. The number of benzene rings is 1. The van der Waals surface area contributed by atoms with Crippen molar-refractivity contribution in [3.05, 3.63) is 23.3 Å². The van der Waals surface area contributed by atoms with E-state index < -0.39 is 11.7 Å². The summed E-state index contributed by atoms with van der Waals surface area (Å²) in [6.07, 6.45) is 0.781. The number of hydrogen-bond donors (Lipinski definition) is 2. The second-order valence-corrected chi connectivity index (χ2v) is 4.72. The lowest BCUT2D eigenvalue weighted by Crippen LogP contribution is -2.40. The first-order valence-corrected chi connectivity index (χ1v) is 6.21. The van der Waals surface area contributed by atoms with Gasteiger partial charge in [-0.25, -0.2) is 0 Å². The number of methoxy groups -OCH3 is 2. The molecule has 2 N–H and O–H groups in total. The van der Waals surface area contributed by atoms with Crippen molar-refractivity contribution in [1.82, 2.24) is 0 Å². The Hall–Kier alpha value is -1.26. The molecule has 1 aromatic rings. The van der Waals surface area contributed by atoms with Crippen LogP contribution >= 0.6 is 0 Å². The number of aliphatic hydroxyl groups is 2. The second kappa shape index (κ2) is 4.78. The van der Waals surface area contributed by atoms with Crippen LogP contribution in [-0.2, 0) is 6.42 Å². The Balaban J connectivity index is 2.58. The first-order valence-electron chi connectivity index (χ1n) is 6.21. The van der Waals surface area contributed by atoms with Gasteiger partial charge in [0.1, 0.15) is 17.6 Å². The highest BCUT2D eigenvalue weighted by Gasteiger charge is 2.42. The quantitative estimate of drug-likeness (QED) is 0.861. The summed E-state index contributed by atoms with van der Waals surface area (Å²) in [6.45, 7) is 1.88. The van der Waals surface area contributed by atoms with Crippen LogP contribution in [0.5, 0.6) is 11.5 Å². The van der Waals surface area contributed by atoms with Gasteiger partial charge in [0.05, 0.1) is 19.8 Å². The van der Waals surface area contributed by atoms with Crippen LogP contribution in [0.25, 0.3) is 0 Å². The van der Waals surface area contributed by atoms with Crippen molar-refractivity contribution < 1.29 is 19.7 Å². The topological polar surface area (TPSA) is 58.9 Å². The molecule has 0 unspecified atom stereocenters. The van der Waals surface area contributed by atoms with Crippen molar-refractivity contribution >= 4 is 0 Å². The maximum atomic E-state index is 10.4. The van der Waals surface area contributed by atoms with Crippen LogP contribution in [0.1, 0.15) is 37.0 Å². The van der Waals surface area contributed by atoms with Crippen molar-refractivity contribution in [2.75, 3.05) is 14.2 Å². The van der Waals surface area contributed by atoms with Gasteiger partial charge in [-0.2, -0.15) is 0 Å². The highest BCUT2D eigenvalue weighted by molar-refractivity contribution is 5.52. The Morgan fingerprint density at radius 1 is 1.28 bits per heavy atom. The Bertz CT molecular complexity index is 444. The summed E-state index contributed by atoms with van der Waals surface area (Å²) in [5.41, 5.74) is 0.516. The lowest BCUT2D eigenvalue weighted by atomic mass is 9.76. The van der Waals surface area contributed by atoms with Crippen molar-refractivity contribution in [3.8, 4) is 11.5 Å². The maximum absolute atomic E-state index is 10.4. The molecule has 0 amide bonds. The van der Waals surface area contributed by atoms with E-state index in [-0.39, 0.29) is 0 Å². The number of rotatable bonds is 3. The maximum Gasteiger partial charge on any atom is 0.125 e. The molecule has 1 aromatic carbocycles. The minimum atomic E-state index is -1.08. The van der Waals surface area contributed by atoms with Crippen LogP contribution in [0.15, 0.2) is 12.1 Å². The third-order valence-electron chi connectivity index (χ3n) is 3.92. The molecule has 2 atom stereocenters.